The van der Waals surface area contributed by atoms with E-state index < -0.39 is 11.7 Å². The van der Waals surface area contributed by atoms with E-state index in [0.717, 1.165) is 22.1 Å². The van der Waals surface area contributed by atoms with Crippen molar-refractivity contribution < 1.29 is 28.2 Å². The molecule has 0 unspecified atom stereocenters. The molecule has 0 spiro atoms. The predicted molar refractivity (Wildman–Crippen MR) is 143 cm³/mol. The first-order valence-electron chi connectivity index (χ1n) is 12.3. The quantitative estimate of drug-likeness (QED) is 0.322. The molecule has 4 aromatic rings. The number of amides is 1. The Morgan fingerprint density at radius 2 is 1.74 bits per heavy atom. The van der Waals surface area contributed by atoms with Gasteiger partial charge in [0.15, 0.2) is 11.5 Å². The van der Waals surface area contributed by atoms with Crippen LogP contribution in [-0.4, -0.2) is 45.3 Å². The van der Waals surface area contributed by atoms with Crippen molar-refractivity contribution in [1.82, 2.24) is 4.90 Å². The Morgan fingerprint density at radius 3 is 2.50 bits per heavy atom. The zero-order valence-corrected chi connectivity index (χ0v) is 21.8. The first kappa shape index (κ1) is 25.2. The normalized spacial score (nSPS) is 14.6. The first-order chi connectivity index (χ1) is 18.4. The van der Waals surface area contributed by atoms with E-state index in [0.29, 0.717) is 47.1 Å². The maximum absolute atomic E-state index is 13.7. The molecule has 0 N–H and O–H groups in total. The van der Waals surface area contributed by atoms with Gasteiger partial charge in [-0.15, -0.1) is 0 Å². The molecule has 0 fully saturated rings. The maximum Gasteiger partial charge on any atom is 0.336 e. The lowest BCUT2D eigenvalue weighted by atomic mass is 9.91. The van der Waals surface area contributed by atoms with Gasteiger partial charge < -0.3 is 28.3 Å². The lowest BCUT2D eigenvalue weighted by Crippen LogP contribution is -2.42. The van der Waals surface area contributed by atoms with Crippen molar-refractivity contribution in [2.75, 3.05) is 34.5 Å². The summed E-state index contributed by atoms with van der Waals surface area (Å²) < 4.78 is 28.0. The minimum absolute atomic E-state index is 0.127. The van der Waals surface area contributed by atoms with Gasteiger partial charge in [0.25, 0.3) is 5.91 Å². The summed E-state index contributed by atoms with van der Waals surface area (Å²) in [6.45, 7) is 2.54. The summed E-state index contributed by atoms with van der Waals surface area (Å²) >= 11 is 0. The van der Waals surface area contributed by atoms with Crippen LogP contribution in [0.3, 0.4) is 0 Å². The molecule has 0 bridgehead atoms. The molecule has 0 saturated heterocycles. The molecule has 1 amide bonds. The van der Waals surface area contributed by atoms with Gasteiger partial charge in [-0.2, -0.15) is 0 Å². The lowest BCUT2D eigenvalue weighted by Gasteiger charge is -2.37. The fraction of sp³-hybridized carbons (Fsp3) is 0.267. The van der Waals surface area contributed by atoms with Crippen LogP contribution in [0.25, 0.3) is 11.0 Å². The highest BCUT2D eigenvalue weighted by Crippen LogP contribution is 2.39. The summed E-state index contributed by atoms with van der Waals surface area (Å²) in [5, 5.41) is 0.839. The molecular weight excluding hydrogens is 486 g/mol. The zero-order chi connectivity index (χ0) is 26.8. The zero-order valence-electron chi connectivity index (χ0n) is 21.8. The number of hydrogen-bond donors (Lipinski definition) is 0. The Bertz CT molecular complexity index is 1560. The van der Waals surface area contributed by atoms with Crippen LogP contribution in [-0.2, 0) is 6.42 Å². The van der Waals surface area contributed by atoms with Gasteiger partial charge in [-0.1, -0.05) is 6.07 Å². The van der Waals surface area contributed by atoms with Crippen molar-refractivity contribution in [3.8, 4) is 23.0 Å². The number of carbonyl (C=O) groups is 1. The van der Waals surface area contributed by atoms with Crippen molar-refractivity contribution in [3.63, 3.8) is 0 Å². The van der Waals surface area contributed by atoms with Crippen LogP contribution in [0.15, 0.2) is 69.9 Å². The number of ether oxygens (including phenoxy) is 4. The fourth-order valence-corrected chi connectivity index (χ4v) is 4.94. The summed E-state index contributed by atoms with van der Waals surface area (Å²) in [5.41, 5.74) is 3.39. The Balaban J connectivity index is 1.52. The minimum Gasteiger partial charge on any atom is -0.497 e. The van der Waals surface area contributed by atoms with Crippen LogP contribution >= 0.6 is 0 Å². The molecule has 0 aliphatic carbocycles. The van der Waals surface area contributed by atoms with Gasteiger partial charge in [-0.3, -0.25) is 4.79 Å². The van der Waals surface area contributed by atoms with Crippen molar-refractivity contribution in [2.24, 2.45) is 0 Å². The average Bonchev–Trinajstić information content (AvgIpc) is 2.94. The van der Waals surface area contributed by atoms with E-state index in [1.54, 1.807) is 51.7 Å². The molecule has 5 rings (SSSR count). The van der Waals surface area contributed by atoms with E-state index in [2.05, 4.69) is 0 Å². The molecule has 1 atom stereocenters. The Morgan fingerprint density at radius 1 is 0.947 bits per heavy atom. The molecule has 2 heterocycles. The van der Waals surface area contributed by atoms with E-state index >= 15 is 0 Å². The van der Waals surface area contributed by atoms with Crippen LogP contribution in [0.5, 0.6) is 23.0 Å². The number of methoxy groups -OCH3 is 3. The number of fused-ring (bicyclic) bond motifs is 2. The Kier molecular flexibility index (Phi) is 6.96. The van der Waals surface area contributed by atoms with E-state index in [9.17, 15) is 9.59 Å². The second-order valence-electron chi connectivity index (χ2n) is 9.12. The summed E-state index contributed by atoms with van der Waals surface area (Å²) in [6, 6.07) is 17.5. The molecule has 0 saturated carbocycles. The predicted octanol–water partition coefficient (Wildman–Crippen LogP) is 4.95. The van der Waals surface area contributed by atoms with Gasteiger partial charge in [0, 0.05) is 29.6 Å². The van der Waals surface area contributed by atoms with Crippen LogP contribution < -0.4 is 24.6 Å². The number of hydrogen-bond acceptors (Lipinski definition) is 7. The van der Waals surface area contributed by atoms with Gasteiger partial charge in [-0.25, -0.2) is 4.79 Å². The number of aryl methyl sites for hydroxylation is 1. The topological polar surface area (TPSA) is 87.4 Å². The first-order valence-corrected chi connectivity index (χ1v) is 12.3. The Hall–Kier alpha value is -4.46. The molecule has 1 aliphatic heterocycles. The van der Waals surface area contributed by atoms with Crippen LogP contribution in [0, 0.1) is 6.92 Å². The van der Waals surface area contributed by atoms with E-state index in [4.69, 9.17) is 23.4 Å². The summed E-state index contributed by atoms with van der Waals surface area (Å²) in [4.78, 5) is 27.4. The monoisotopic (exact) mass is 515 g/mol. The Labute approximate surface area is 220 Å². The molecular formula is C30H29NO7. The van der Waals surface area contributed by atoms with Crippen LogP contribution in [0.2, 0.25) is 0 Å². The molecule has 196 valence electrons. The molecule has 3 aromatic carbocycles. The third kappa shape index (κ3) is 4.77. The van der Waals surface area contributed by atoms with Crippen LogP contribution in [0.4, 0.5) is 0 Å². The van der Waals surface area contributed by atoms with E-state index in [1.165, 1.54) is 6.07 Å². The number of rotatable bonds is 7. The highest BCUT2D eigenvalue weighted by Gasteiger charge is 2.33. The highest BCUT2D eigenvalue weighted by atomic mass is 16.5. The molecule has 8 nitrogen and oxygen atoms in total. The third-order valence-electron chi connectivity index (χ3n) is 6.91. The van der Waals surface area contributed by atoms with Crippen molar-refractivity contribution in [3.05, 3.63) is 93.3 Å². The van der Waals surface area contributed by atoms with E-state index in [-0.39, 0.29) is 12.5 Å². The van der Waals surface area contributed by atoms with Gasteiger partial charge in [0.2, 0.25) is 0 Å². The highest BCUT2D eigenvalue weighted by molar-refractivity contribution is 5.95. The van der Waals surface area contributed by atoms with Crippen molar-refractivity contribution in [1.29, 1.82) is 0 Å². The van der Waals surface area contributed by atoms with Crippen molar-refractivity contribution >= 4 is 16.9 Å². The minimum atomic E-state index is -0.413. The number of benzene rings is 3. The largest absolute Gasteiger partial charge is 0.497 e. The number of carbonyl (C=O) groups excluding carboxylic acids is 1. The molecule has 38 heavy (non-hydrogen) atoms. The second-order valence-corrected chi connectivity index (χ2v) is 9.12. The molecule has 1 aromatic heterocycles. The lowest BCUT2D eigenvalue weighted by molar-refractivity contribution is 0.0589. The maximum atomic E-state index is 13.7. The third-order valence-corrected chi connectivity index (χ3v) is 6.91. The fourth-order valence-electron chi connectivity index (χ4n) is 4.94. The standard InChI is InChI=1S/C30H29NO7/c1-18-12-29(32)38-26-15-22(8-9-23(18)26)37-17-25-24-16-28(36-4)27(35-3)14-19(24)10-11-31(25)30(33)20-6-5-7-21(13-20)34-2/h5-9,12-16,25H,10-11,17H2,1-4H3/t25-/m0/s1. The molecule has 1 aliphatic rings. The van der Waals surface area contributed by atoms with Gasteiger partial charge in [-0.05, 0) is 72.5 Å². The van der Waals surface area contributed by atoms with Crippen molar-refractivity contribution in [2.45, 2.75) is 19.4 Å². The van der Waals surface area contributed by atoms with Crippen LogP contribution in [0.1, 0.15) is 33.1 Å². The SMILES string of the molecule is COc1cccc(C(=O)N2CCc3cc(OC)c(OC)cc3[C@@H]2COc2ccc3c(C)cc(=O)oc3c2)c1. The van der Waals surface area contributed by atoms with E-state index in [1.807, 2.05) is 36.1 Å². The smallest absolute Gasteiger partial charge is 0.336 e. The summed E-state index contributed by atoms with van der Waals surface area (Å²) in [7, 11) is 4.76. The summed E-state index contributed by atoms with van der Waals surface area (Å²) in [5.74, 6) is 2.24. The molecule has 8 heteroatoms. The van der Waals surface area contributed by atoms with Gasteiger partial charge in [0.05, 0.1) is 27.4 Å². The second kappa shape index (κ2) is 10.5. The van der Waals surface area contributed by atoms with Gasteiger partial charge in [0.1, 0.15) is 23.7 Å². The average molecular weight is 516 g/mol. The number of nitrogens with zero attached hydrogens (tertiary/aromatic N) is 1. The summed E-state index contributed by atoms with van der Waals surface area (Å²) in [6.07, 6.45) is 0.655. The van der Waals surface area contributed by atoms with Gasteiger partial charge >= 0.3 is 5.63 Å². The molecule has 0 radical (unpaired) electrons.